The molecule has 3 atom stereocenters. The molecule has 2 aromatic rings. The Labute approximate surface area is 250 Å². The Balaban J connectivity index is 1.37. The topological polar surface area (TPSA) is 138 Å². The van der Waals surface area contributed by atoms with Gasteiger partial charge in [-0.15, -0.1) is 0 Å². The van der Waals surface area contributed by atoms with Crippen molar-refractivity contribution >= 4 is 33.1 Å². The first-order valence-electron chi connectivity index (χ1n) is 14.3. The minimum absolute atomic E-state index is 0.0584. The number of ether oxygens (including phenoxy) is 3. The number of sulfonamides is 1. The smallest absolute Gasteiger partial charge is 0.264 e. The van der Waals surface area contributed by atoms with Crippen LogP contribution in [0.4, 0.5) is 14.7 Å². The Morgan fingerprint density at radius 1 is 1.23 bits per heavy atom. The van der Waals surface area contributed by atoms with Gasteiger partial charge in [-0.3, -0.25) is 4.72 Å². The van der Waals surface area contributed by atoms with Gasteiger partial charge in [-0.25, -0.2) is 32.2 Å². The fourth-order valence-corrected chi connectivity index (χ4v) is 6.91. The molecule has 1 saturated heterocycles. The van der Waals surface area contributed by atoms with E-state index in [1.165, 1.54) is 7.11 Å². The predicted octanol–water partition coefficient (Wildman–Crippen LogP) is 5.09. The number of benzene rings is 1. The summed E-state index contributed by atoms with van der Waals surface area (Å²) in [5.41, 5.74) is 8.23. The number of rotatable bonds is 8. The first kappa shape index (κ1) is 30.9. The molecule has 1 aromatic carbocycles. The van der Waals surface area contributed by atoms with Gasteiger partial charge in [0.25, 0.3) is 10.0 Å². The molecule has 0 radical (unpaired) electrons. The van der Waals surface area contributed by atoms with E-state index < -0.39 is 33.3 Å². The van der Waals surface area contributed by atoms with Gasteiger partial charge < -0.3 is 19.9 Å². The molecule has 13 heteroatoms. The number of nitrogen functional groups attached to an aromatic ring is 1. The van der Waals surface area contributed by atoms with Crippen LogP contribution in [-0.4, -0.2) is 56.2 Å². The molecule has 1 aromatic heterocycles. The molecule has 0 amide bonds. The van der Waals surface area contributed by atoms with Crippen LogP contribution in [0.5, 0.6) is 5.75 Å². The molecule has 3 aliphatic rings. The van der Waals surface area contributed by atoms with Crippen molar-refractivity contribution in [3.8, 4) is 5.75 Å². The maximum atomic E-state index is 14.4. The third-order valence-corrected chi connectivity index (χ3v) is 9.19. The number of aryl methyl sites for hydroxylation is 1. The first-order chi connectivity index (χ1) is 20.3. The van der Waals surface area contributed by atoms with E-state index in [1.54, 1.807) is 6.21 Å². The predicted molar refractivity (Wildman–Crippen MR) is 160 cm³/mol. The summed E-state index contributed by atoms with van der Waals surface area (Å²) >= 11 is 0. The number of anilines is 1. The summed E-state index contributed by atoms with van der Waals surface area (Å²) in [5.74, 6) is -0.250. The molecule has 0 bridgehead atoms. The minimum Gasteiger partial charge on any atom is -0.488 e. The zero-order valence-corrected chi connectivity index (χ0v) is 25.5. The average molecular weight is 618 g/mol. The molecule has 3 N–H and O–H groups in total. The van der Waals surface area contributed by atoms with E-state index in [2.05, 4.69) is 19.7 Å². The molecule has 43 heavy (non-hydrogen) atoms. The van der Waals surface area contributed by atoms with Crippen LogP contribution in [0.3, 0.4) is 0 Å². The van der Waals surface area contributed by atoms with Crippen LogP contribution in [-0.2, 0) is 25.9 Å². The summed E-state index contributed by atoms with van der Waals surface area (Å²) in [6.07, 6.45) is 4.29. The molecule has 1 aliphatic carbocycles. The van der Waals surface area contributed by atoms with E-state index >= 15 is 0 Å². The standard InChI is InChI=1S/C30H37F2N5O5S/c1-17-22-12-19(13-25(27(22)36-29(33)35-17)42-21-9-10-41-30(2,3)15-21)11-18-5-7-24(28(40-4)34-16-18)37-43(38,39)26-8-6-20(31)14-23(26)32/h6,8,12-13,16,18,20-21,37H,5,7,9-11,14-15H2,1-4H3,(H2,33,35,36). The molecule has 0 saturated carbocycles. The summed E-state index contributed by atoms with van der Waals surface area (Å²) in [6.45, 7) is 6.56. The molecule has 232 valence electrons. The van der Waals surface area contributed by atoms with Gasteiger partial charge in [-0.1, -0.05) is 0 Å². The third kappa shape index (κ3) is 7.15. The number of alkyl halides is 1. The summed E-state index contributed by atoms with van der Waals surface area (Å²) in [7, 11) is -2.93. The Morgan fingerprint density at radius 3 is 2.74 bits per heavy atom. The van der Waals surface area contributed by atoms with Crippen molar-refractivity contribution in [3.05, 3.63) is 57.9 Å². The van der Waals surface area contributed by atoms with E-state index in [0.29, 0.717) is 30.7 Å². The number of nitrogens with two attached hydrogens (primary N) is 1. The van der Waals surface area contributed by atoms with Crippen LogP contribution >= 0.6 is 0 Å². The molecule has 3 unspecified atom stereocenters. The van der Waals surface area contributed by atoms with Crippen LogP contribution in [0, 0.1) is 12.8 Å². The lowest BCUT2D eigenvalue weighted by molar-refractivity contribution is -0.0895. The average Bonchev–Trinajstić information content (AvgIpc) is 3.09. The van der Waals surface area contributed by atoms with Gasteiger partial charge in [0, 0.05) is 30.9 Å². The monoisotopic (exact) mass is 617 g/mol. The fraction of sp³-hybridized carbons (Fsp3) is 0.500. The lowest BCUT2D eigenvalue weighted by atomic mass is 9.94. The van der Waals surface area contributed by atoms with Gasteiger partial charge in [0.1, 0.15) is 34.3 Å². The fourth-order valence-electron chi connectivity index (χ4n) is 5.66. The number of nitrogens with one attached hydrogen (secondary N) is 1. The van der Waals surface area contributed by atoms with Crippen LogP contribution < -0.4 is 15.2 Å². The van der Waals surface area contributed by atoms with E-state index in [0.717, 1.165) is 41.6 Å². The molecule has 1 fully saturated rings. The number of hydrogen-bond acceptors (Lipinski definition) is 9. The van der Waals surface area contributed by atoms with Gasteiger partial charge in [0.2, 0.25) is 11.8 Å². The van der Waals surface area contributed by atoms with Crippen LogP contribution in [0.2, 0.25) is 0 Å². The normalized spacial score (nSPS) is 24.3. The number of aromatic nitrogens is 2. The lowest BCUT2D eigenvalue weighted by Crippen LogP contribution is -2.39. The number of methoxy groups -OCH3 is 1. The van der Waals surface area contributed by atoms with E-state index in [-0.39, 0.29) is 41.6 Å². The molecule has 5 rings (SSSR count). The number of nitrogens with zero attached hydrogens (tertiary/aromatic N) is 3. The Bertz CT molecular complexity index is 1640. The largest absolute Gasteiger partial charge is 0.488 e. The molecule has 3 heterocycles. The maximum absolute atomic E-state index is 14.4. The highest BCUT2D eigenvalue weighted by Gasteiger charge is 2.31. The van der Waals surface area contributed by atoms with Crippen molar-refractivity contribution in [1.29, 1.82) is 0 Å². The molecular weight excluding hydrogens is 580 g/mol. The van der Waals surface area contributed by atoms with Crippen molar-refractivity contribution in [2.45, 2.75) is 77.2 Å². The SMILES string of the molecule is COC1=C(NS(=O)(=O)C2=C(F)CC(F)C=C2)CCC(Cc2cc(OC3CCOC(C)(C)C3)c3nc(N)nc(C)c3c2)C=N1. The lowest BCUT2D eigenvalue weighted by Gasteiger charge is -2.35. The zero-order valence-electron chi connectivity index (χ0n) is 24.7. The van der Waals surface area contributed by atoms with E-state index in [1.807, 2.05) is 32.9 Å². The van der Waals surface area contributed by atoms with Crippen molar-refractivity contribution in [2.24, 2.45) is 10.9 Å². The molecule has 0 spiro atoms. The van der Waals surface area contributed by atoms with Crippen molar-refractivity contribution in [1.82, 2.24) is 14.7 Å². The molecular formula is C30H37F2N5O5S. The Kier molecular flexibility index (Phi) is 8.75. The highest BCUT2D eigenvalue weighted by molar-refractivity contribution is 7.93. The quantitative estimate of drug-likeness (QED) is 0.418. The van der Waals surface area contributed by atoms with Gasteiger partial charge in [0.05, 0.1) is 30.7 Å². The maximum Gasteiger partial charge on any atom is 0.264 e. The second kappa shape index (κ2) is 12.2. The summed E-state index contributed by atoms with van der Waals surface area (Å²) < 4.78 is 74.0. The summed E-state index contributed by atoms with van der Waals surface area (Å²) in [4.78, 5) is 12.7. The number of halogens is 2. The number of hydrogen-bond donors (Lipinski definition) is 2. The Hall–Kier alpha value is -3.58. The number of fused-ring (bicyclic) bond motifs is 1. The second-order valence-electron chi connectivity index (χ2n) is 11.7. The van der Waals surface area contributed by atoms with Gasteiger partial charge in [-0.05, 0) is 75.8 Å². The van der Waals surface area contributed by atoms with Crippen molar-refractivity contribution in [2.75, 3.05) is 19.5 Å². The zero-order chi connectivity index (χ0) is 30.9. The third-order valence-electron chi connectivity index (χ3n) is 7.74. The highest BCUT2D eigenvalue weighted by atomic mass is 32.2. The summed E-state index contributed by atoms with van der Waals surface area (Å²) in [5, 5.41) is 0.828. The molecule has 2 aliphatic heterocycles. The first-order valence-corrected chi connectivity index (χ1v) is 15.7. The van der Waals surface area contributed by atoms with Gasteiger partial charge in [0.15, 0.2) is 0 Å². The van der Waals surface area contributed by atoms with E-state index in [9.17, 15) is 17.2 Å². The van der Waals surface area contributed by atoms with Gasteiger partial charge in [-0.2, -0.15) is 0 Å². The van der Waals surface area contributed by atoms with E-state index in [4.69, 9.17) is 19.9 Å². The van der Waals surface area contributed by atoms with Crippen molar-refractivity contribution < 1.29 is 31.4 Å². The summed E-state index contributed by atoms with van der Waals surface area (Å²) in [6, 6.07) is 3.98. The van der Waals surface area contributed by atoms with Crippen LogP contribution in [0.25, 0.3) is 10.9 Å². The number of allylic oxidation sites excluding steroid dienone is 4. The highest BCUT2D eigenvalue weighted by Crippen LogP contribution is 2.35. The number of aliphatic imine (C=N–C) groups is 1. The Morgan fingerprint density at radius 2 is 2.02 bits per heavy atom. The minimum atomic E-state index is -4.31. The van der Waals surface area contributed by atoms with Gasteiger partial charge >= 0.3 is 0 Å². The second-order valence-corrected chi connectivity index (χ2v) is 13.4. The van der Waals surface area contributed by atoms with Crippen molar-refractivity contribution in [3.63, 3.8) is 0 Å². The molecule has 10 nitrogen and oxygen atoms in total. The van der Waals surface area contributed by atoms with Crippen LogP contribution in [0.1, 0.15) is 57.2 Å². The van der Waals surface area contributed by atoms with Crippen LogP contribution in [0.15, 0.2) is 51.6 Å².